The van der Waals surface area contributed by atoms with Crippen molar-refractivity contribution in [2.75, 3.05) is 11.9 Å². The molecule has 5 nitrogen and oxygen atoms in total. The van der Waals surface area contributed by atoms with Gasteiger partial charge in [0.05, 0.1) is 4.90 Å². The van der Waals surface area contributed by atoms with E-state index in [0.29, 0.717) is 16.3 Å². The molecule has 21 heavy (non-hydrogen) atoms. The molecule has 0 aliphatic heterocycles. The van der Waals surface area contributed by atoms with Crippen molar-refractivity contribution >= 4 is 33.2 Å². The standard InChI is InChI=1S/C14H13ClN2O3S/c1-17(14(18)10-2-4-11(15)5-3-10)12-6-8-13(9-7-12)21(16,19)20/h2-9H,1H3,(H2,16,19,20). The van der Waals surface area contributed by atoms with Crippen molar-refractivity contribution < 1.29 is 13.2 Å². The van der Waals surface area contributed by atoms with Gasteiger partial charge in [-0.1, -0.05) is 11.6 Å². The number of rotatable bonds is 3. The van der Waals surface area contributed by atoms with Crippen LogP contribution in [-0.4, -0.2) is 21.4 Å². The first kappa shape index (κ1) is 15.5. The Morgan fingerprint density at radius 1 is 1.05 bits per heavy atom. The number of hydrogen-bond donors (Lipinski definition) is 1. The summed E-state index contributed by atoms with van der Waals surface area (Å²) in [4.78, 5) is 13.7. The highest BCUT2D eigenvalue weighted by atomic mass is 35.5. The highest BCUT2D eigenvalue weighted by Gasteiger charge is 2.14. The Labute approximate surface area is 128 Å². The van der Waals surface area contributed by atoms with Crippen molar-refractivity contribution in [3.63, 3.8) is 0 Å². The van der Waals surface area contributed by atoms with Gasteiger partial charge >= 0.3 is 0 Å². The van der Waals surface area contributed by atoms with E-state index < -0.39 is 10.0 Å². The van der Waals surface area contributed by atoms with E-state index in [0.717, 1.165) is 0 Å². The molecule has 0 saturated carbocycles. The van der Waals surface area contributed by atoms with Gasteiger partial charge in [-0.2, -0.15) is 0 Å². The molecule has 0 heterocycles. The van der Waals surface area contributed by atoms with Crippen LogP contribution < -0.4 is 10.0 Å². The Morgan fingerprint density at radius 2 is 1.57 bits per heavy atom. The second-order valence-electron chi connectivity index (χ2n) is 4.41. The first-order valence-electron chi connectivity index (χ1n) is 5.95. The molecule has 0 aliphatic rings. The van der Waals surface area contributed by atoms with Crippen LogP contribution in [0.25, 0.3) is 0 Å². The van der Waals surface area contributed by atoms with Crippen molar-refractivity contribution in [1.29, 1.82) is 0 Å². The van der Waals surface area contributed by atoms with Crippen LogP contribution in [0, 0.1) is 0 Å². The molecule has 2 aromatic carbocycles. The number of amides is 1. The number of sulfonamides is 1. The van der Waals surface area contributed by atoms with E-state index in [1.54, 1.807) is 31.3 Å². The summed E-state index contributed by atoms with van der Waals surface area (Å²) in [5, 5.41) is 5.58. The first-order chi connectivity index (χ1) is 9.79. The molecular weight excluding hydrogens is 312 g/mol. The van der Waals surface area contributed by atoms with Crippen LogP contribution in [0.4, 0.5) is 5.69 Å². The van der Waals surface area contributed by atoms with Crippen molar-refractivity contribution in [3.8, 4) is 0 Å². The van der Waals surface area contributed by atoms with Gasteiger partial charge in [0.1, 0.15) is 0 Å². The molecule has 2 N–H and O–H groups in total. The summed E-state index contributed by atoms with van der Waals surface area (Å²) < 4.78 is 22.4. The number of benzene rings is 2. The van der Waals surface area contributed by atoms with Gasteiger partial charge in [0.15, 0.2) is 0 Å². The number of nitrogens with two attached hydrogens (primary N) is 1. The van der Waals surface area contributed by atoms with Crippen molar-refractivity contribution in [2.24, 2.45) is 5.14 Å². The molecule has 2 rings (SSSR count). The lowest BCUT2D eigenvalue weighted by Gasteiger charge is -2.17. The number of nitrogens with zero attached hydrogens (tertiary/aromatic N) is 1. The smallest absolute Gasteiger partial charge is 0.258 e. The summed E-state index contributed by atoms with van der Waals surface area (Å²) in [6, 6.07) is 12.3. The number of anilines is 1. The molecule has 0 radical (unpaired) electrons. The maximum Gasteiger partial charge on any atom is 0.258 e. The van der Waals surface area contributed by atoms with Gasteiger partial charge in [0.25, 0.3) is 5.91 Å². The zero-order valence-electron chi connectivity index (χ0n) is 11.2. The quantitative estimate of drug-likeness (QED) is 0.940. The molecule has 110 valence electrons. The molecule has 1 amide bonds. The molecule has 0 spiro atoms. The average Bonchev–Trinajstić information content (AvgIpc) is 2.46. The maximum atomic E-state index is 12.3. The molecular formula is C14H13ClN2O3S. The van der Waals surface area contributed by atoms with Gasteiger partial charge in [-0.05, 0) is 48.5 Å². The van der Waals surface area contributed by atoms with E-state index in [2.05, 4.69) is 0 Å². The van der Waals surface area contributed by atoms with Crippen molar-refractivity contribution in [1.82, 2.24) is 0 Å². The summed E-state index contributed by atoms with van der Waals surface area (Å²) in [6.45, 7) is 0. The fourth-order valence-electron chi connectivity index (χ4n) is 1.76. The third-order valence-corrected chi connectivity index (χ3v) is 4.13. The topological polar surface area (TPSA) is 80.5 Å². The van der Waals surface area contributed by atoms with Crippen LogP contribution in [0.5, 0.6) is 0 Å². The highest BCUT2D eigenvalue weighted by Crippen LogP contribution is 2.19. The van der Waals surface area contributed by atoms with E-state index in [1.807, 2.05) is 0 Å². The number of carbonyl (C=O) groups excluding carboxylic acids is 1. The minimum absolute atomic E-state index is 0.00130. The minimum atomic E-state index is -3.74. The van der Waals surface area contributed by atoms with Crippen molar-refractivity contribution in [3.05, 3.63) is 59.1 Å². The SMILES string of the molecule is CN(C(=O)c1ccc(Cl)cc1)c1ccc(S(N)(=O)=O)cc1. The van der Waals surface area contributed by atoms with Crippen molar-refractivity contribution in [2.45, 2.75) is 4.90 Å². The summed E-state index contributed by atoms with van der Waals surface area (Å²) in [7, 11) is -2.14. The monoisotopic (exact) mass is 324 g/mol. The molecule has 0 fully saturated rings. The Balaban J connectivity index is 2.25. The predicted octanol–water partition coefficient (Wildman–Crippen LogP) is 2.26. The number of carbonyl (C=O) groups is 1. The molecule has 0 bridgehead atoms. The lowest BCUT2D eigenvalue weighted by atomic mass is 10.2. The Bertz CT molecular complexity index is 756. The van der Waals surface area contributed by atoms with Gasteiger partial charge in [-0.25, -0.2) is 13.6 Å². The normalized spacial score (nSPS) is 11.2. The second kappa shape index (κ2) is 5.85. The van der Waals surface area contributed by atoms with E-state index in [1.165, 1.54) is 29.2 Å². The Kier molecular flexibility index (Phi) is 4.32. The number of halogens is 1. The summed E-state index contributed by atoms with van der Waals surface area (Å²) in [5.74, 6) is -0.227. The minimum Gasteiger partial charge on any atom is -0.311 e. The van der Waals surface area contributed by atoms with Crippen LogP contribution in [-0.2, 0) is 10.0 Å². The van der Waals surface area contributed by atoms with Gasteiger partial charge in [-0.3, -0.25) is 4.79 Å². The maximum absolute atomic E-state index is 12.3. The highest BCUT2D eigenvalue weighted by molar-refractivity contribution is 7.89. The van der Waals surface area contributed by atoms with Gasteiger partial charge < -0.3 is 4.90 Å². The lowest BCUT2D eigenvalue weighted by Crippen LogP contribution is -2.26. The van der Waals surface area contributed by atoms with E-state index in [9.17, 15) is 13.2 Å². The fourth-order valence-corrected chi connectivity index (χ4v) is 2.40. The predicted molar refractivity (Wildman–Crippen MR) is 82.0 cm³/mol. The van der Waals surface area contributed by atoms with Crippen LogP contribution >= 0.6 is 11.6 Å². The van der Waals surface area contributed by atoms with Gasteiger partial charge in [-0.15, -0.1) is 0 Å². The molecule has 0 aromatic heterocycles. The molecule has 2 aromatic rings. The van der Waals surface area contributed by atoms with Crippen LogP contribution in [0.3, 0.4) is 0 Å². The lowest BCUT2D eigenvalue weighted by molar-refractivity contribution is 0.0993. The third kappa shape index (κ3) is 3.60. The number of hydrogen-bond acceptors (Lipinski definition) is 3. The van der Waals surface area contributed by atoms with Crippen LogP contribution in [0.1, 0.15) is 10.4 Å². The average molecular weight is 325 g/mol. The van der Waals surface area contributed by atoms with Crippen LogP contribution in [0.15, 0.2) is 53.4 Å². The largest absolute Gasteiger partial charge is 0.311 e. The molecule has 0 atom stereocenters. The zero-order chi connectivity index (χ0) is 15.6. The molecule has 7 heteroatoms. The second-order valence-corrected chi connectivity index (χ2v) is 6.41. The van der Waals surface area contributed by atoms with Gasteiger partial charge in [0.2, 0.25) is 10.0 Å². The number of primary sulfonamides is 1. The third-order valence-electron chi connectivity index (χ3n) is 2.95. The van der Waals surface area contributed by atoms with E-state index in [4.69, 9.17) is 16.7 Å². The Hall–Kier alpha value is -1.89. The molecule has 0 aliphatic carbocycles. The Morgan fingerprint density at radius 3 is 2.05 bits per heavy atom. The summed E-state index contributed by atoms with van der Waals surface area (Å²) in [5.41, 5.74) is 1.04. The van der Waals surface area contributed by atoms with Gasteiger partial charge in [0, 0.05) is 23.3 Å². The summed E-state index contributed by atoms with van der Waals surface area (Å²) >= 11 is 5.78. The summed E-state index contributed by atoms with van der Waals surface area (Å²) in [6.07, 6.45) is 0. The first-order valence-corrected chi connectivity index (χ1v) is 7.88. The molecule has 0 unspecified atom stereocenters. The molecule has 0 saturated heterocycles. The van der Waals surface area contributed by atoms with E-state index >= 15 is 0 Å². The zero-order valence-corrected chi connectivity index (χ0v) is 12.7. The van der Waals surface area contributed by atoms with E-state index in [-0.39, 0.29) is 10.8 Å². The fraction of sp³-hybridized carbons (Fsp3) is 0.0714. The van der Waals surface area contributed by atoms with Crippen LogP contribution in [0.2, 0.25) is 5.02 Å².